The summed E-state index contributed by atoms with van der Waals surface area (Å²) < 4.78 is 5.49. The minimum atomic E-state index is -0.435. The standard InChI is InChI=1S/C16H23NO2/c1-12-11-14-8-6-5-7-13(14)9-10-17(12)15(18)19-16(2,3)4/h5-8,12H,9-11H2,1-4H3. The van der Waals surface area contributed by atoms with Crippen molar-refractivity contribution in [3.8, 4) is 0 Å². The van der Waals surface area contributed by atoms with Crippen molar-refractivity contribution >= 4 is 6.09 Å². The van der Waals surface area contributed by atoms with Crippen molar-refractivity contribution in [1.82, 2.24) is 4.90 Å². The number of benzene rings is 1. The van der Waals surface area contributed by atoms with Crippen molar-refractivity contribution in [1.29, 1.82) is 0 Å². The first-order valence-corrected chi connectivity index (χ1v) is 6.93. The smallest absolute Gasteiger partial charge is 0.410 e. The number of hydrogen-bond donors (Lipinski definition) is 0. The largest absolute Gasteiger partial charge is 0.444 e. The Morgan fingerprint density at radius 3 is 2.53 bits per heavy atom. The third-order valence-corrected chi connectivity index (χ3v) is 3.42. The van der Waals surface area contributed by atoms with Crippen LogP contribution in [0.5, 0.6) is 0 Å². The van der Waals surface area contributed by atoms with Gasteiger partial charge in [0.2, 0.25) is 0 Å². The zero-order valence-corrected chi connectivity index (χ0v) is 12.3. The molecule has 1 aliphatic rings. The monoisotopic (exact) mass is 261 g/mol. The molecule has 1 aromatic carbocycles. The van der Waals surface area contributed by atoms with Gasteiger partial charge in [-0.25, -0.2) is 4.79 Å². The van der Waals surface area contributed by atoms with Gasteiger partial charge in [0.15, 0.2) is 0 Å². The van der Waals surface area contributed by atoms with Crippen molar-refractivity contribution < 1.29 is 9.53 Å². The van der Waals surface area contributed by atoms with Crippen molar-refractivity contribution in [2.45, 2.75) is 52.2 Å². The average Bonchev–Trinajstić information content (AvgIpc) is 2.44. The van der Waals surface area contributed by atoms with Crippen LogP contribution in [0.25, 0.3) is 0 Å². The van der Waals surface area contributed by atoms with E-state index in [1.807, 2.05) is 25.7 Å². The van der Waals surface area contributed by atoms with Crippen LogP contribution in [0, 0.1) is 0 Å². The molecule has 19 heavy (non-hydrogen) atoms. The molecule has 2 rings (SSSR count). The fourth-order valence-corrected chi connectivity index (χ4v) is 2.48. The molecule has 0 saturated heterocycles. The van der Waals surface area contributed by atoms with Crippen molar-refractivity contribution in [3.05, 3.63) is 35.4 Å². The predicted octanol–water partition coefficient (Wildman–Crippen LogP) is 3.41. The second kappa shape index (κ2) is 5.24. The Bertz CT molecular complexity index is 462. The van der Waals surface area contributed by atoms with Crippen LogP contribution in [0.15, 0.2) is 24.3 Å². The highest BCUT2D eigenvalue weighted by atomic mass is 16.6. The predicted molar refractivity (Wildman–Crippen MR) is 76.3 cm³/mol. The number of hydrogen-bond acceptors (Lipinski definition) is 2. The summed E-state index contributed by atoms with van der Waals surface area (Å²) in [7, 11) is 0. The van der Waals surface area contributed by atoms with E-state index in [2.05, 4.69) is 31.2 Å². The minimum Gasteiger partial charge on any atom is -0.444 e. The maximum Gasteiger partial charge on any atom is 0.410 e. The van der Waals surface area contributed by atoms with E-state index in [-0.39, 0.29) is 12.1 Å². The molecule has 1 unspecified atom stereocenters. The van der Waals surface area contributed by atoms with E-state index in [0.717, 1.165) is 19.4 Å². The fourth-order valence-electron chi connectivity index (χ4n) is 2.48. The van der Waals surface area contributed by atoms with E-state index in [0.29, 0.717) is 0 Å². The molecule has 0 fully saturated rings. The number of rotatable bonds is 0. The molecule has 0 aromatic heterocycles. The topological polar surface area (TPSA) is 29.5 Å². The maximum atomic E-state index is 12.2. The van der Waals surface area contributed by atoms with Gasteiger partial charge in [-0.2, -0.15) is 0 Å². The fraction of sp³-hybridized carbons (Fsp3) is 0.562. The zero-order valence-electron chi connectivity index (χ0n) is 12.3. The SMILES string of the molecule is CC1Cc2ccccc2CCN1C(=O)OC(C)(C)C. The number of carbonyl (C=O) groups excluding carboxylic acids is 1. The normalized spacial score (nSPS) is 19.6. The third-order valence-electron chi connectivity index (χ3n) is 3.42. The molecular formula is C16H23NO2. The molecular weight excluding hydrogens is 238 g/mol. The molecule has 104 valence electrons. The Morgan fingerprint density at radius 1 is 1.26 bits per heavy atom. The highest BCUT2D eigenvalue weighted by Crippen LogP contribution is 2.21. The molecule has 0 N–H and O–H groups in total. The van der Waals surface area contributed by atoms with Gasteiger partial charge >= 0.3 is 6.09 Å². The molecule has 1 amide bonds. The summed E-state index contributed by atoms with van der Waals surface area (Å²) in [5.74, 6) is 0. The molecule has 1 heterocycles. The second-order valence-electron chi connectivity index (χ2n) is 6.25. The Balaban J connectivity index is 2.12. The average molecular weight is 261 g/mol. The van der Waals surface area contributed by atoms with Crippen molar-refractivity contribution in [2.75, 3.05) is 6.54 Å². The summed E-state index contributed by atoms with van der Waals surface area (Å²) in [6.07, 6.45) is 1.60. The van der Waals surface area contributed by atoms with Gasteiger partial charge in [-0.1, -0.05) is 24.3 Å². The molecule has 0 bridgehead atoms. The van der Waals surface area contributed by atoms with Gasteiger partial charge in [-0.05, 0) is 51.7 Å². The van der Waals surface area contributed by atoms with Gasteiger partial charge < -0.3 is 9.64 Å². The first-order chi connectivity index (χ1) is 8.87. The van der Waals surface area contributed by atoms with E-state index in [1.54, 1.807) is 0 Å². The van der Waals surface area contributed by atoms with E-state index >= 15 is 0 Å². The van der Waals surface area contributed by atoms with Crippen LogP contribution < -0.4 is 0 Å². The van der Waals surface area contributed by atoms with Crippen LogP contribution in [0.3, 0.4) is 0 Å². The summed E-state index contributed by atoms with van der Waals surface area (Å²) in [5.41, 5.74) is 2.26. The number of nitrogens with zero attached hydrogens (tertiary/aromatic N) is 1. The summed E-state index contributed by atoms with van der Waals surface area (Å²) in [4.78, 5) is 14.1. The van der Waals surface area contributed by atoms with Crippen LogP contribution in [0.4, 0.5) is 4.79 Å². The Kier molecular flexibility index (Phi) is 3.83. The highest BCUT2D eigenvalue weighted by molar-refractivity contribution is 5.68. The van der Waals surface area contributed by atoms with E-state index < -0.39 is 5.60 Å². The lowest BCUT2D eigenvalue weighted by Gasteiger charge is -2.30. The summed E-state index contributed by atoms with van der Waals surface area (Å²) in [6.45, 7) is 8.53. The molecule has 3 heteroatoms. The molecule has 0 spiro atoms. The van der Waals surface area contributed by atoms with Gasteiger partial charge in [0.1, 0.15) is 5.60 Å². The zero-order chi connectivity index (χ0) is 14.0. The van der Waals surface area contributed by atoms with Gasteiger partial charge in [-0.15, -0.1) is 0 Å². The molecule has 1 aromatic rings. The van der Waals surface area contributed by atoms with Crippen LogP contribution in [0.2, 0.25) is 0 Å². The first kappa shape index (κ1) is 13.9. The summed E-state index contributed by atoms with van der Waals surface area (Å²) in [6, 6.07) is 8.62. The number of amides is 1. The Morgan fingerprint density at radius 2 is 1.89 bits per heavy atom. The highest BCUT2D eigenvalue weighted by Gasteiger charge is 2.28. The lowest BCUT2D eigenvalue weighted by molar-refractivity contribution is 0.0185. The van der Waals surface area contributed by atoms with Crippen LogP contribution >= 0.6 is 0 Å². The molecule has 0 aliphatic carbocycles. The quantitative estimate of drug-likeness (QED) is 0.716. The van der Waals surface area contributed by atoms with Crippen molar-refractivity contribution in [3.63, 3.8) is 0 Å². The van der Waals surface area contributed by atoms with Gasteiger partial charge in [0.05, 0.1) is 0 Å². The molecule has 0 saturated carbocycles. The molecule has 3 nitrogen and oxygen atoms in total. The molecule has 1 atom stereocenters. The van der Waals surface area contributed by atoms with Gasteiger partial charge in [0, 0.05) is 12.6 Å². The number of ether oxygens (including phenoxy) is 1. The maximum absolute atomic E-state index is 12.2. The van der Waals surface area contributed by atoms with Crippen LogP contribution in [-0.4, -0.2) is 29.2 Å². The van der Waals surface area contributed by atoms with Crippen molar-refractivity contribution in [2.24, 2.45) is 0 Å². The Hall–Kier alpha value is -1.51. The van der Waals surface area contributed by atoms with E-state index in [4.69, 9.17) is 4.74 Å². The lowest BCUT2D eigenvalue weighted by Crippen LogP contribution is -2.43. The lowest BCUT2D eigenvalue weighted by atomic mass is 10.0. The van der Waals surface area contributed by atoms with Crippen LogP contribution in [-0.2, 0) is 17.6 Å². The van der Waals surface area contributed by atoms with Gasteiger partial charge in [-0.3, -0.25) is 0 Å². The molecule has 1 aliphatic heterocycles. The van der Waals surface area contributed by atoms with Gasteiger partial charge in [0.25, 0.3) is 0 Å². The summed E-state index contributed by atoms with van der Waals surface area (Å²) in [5, 5.41) is 0. The second-order valence-corrected chi connectivity index (χ2v) is 6.25. The molecule has 0 radical (unpaired) electrons. The third kappa shape index (κ3) is 3.49. The van der Waals surface area contributed by atoms with Crippen LogP contribution in [0.1, 0.15) is 38.8 Å². The minimum absolute atomic E-state index is 0.179. The Labute approximate surface area is 115 Å². The van der Waals surface area contributed by atoms with E-state index in [1.165, 1.54) is 11.1 Å². The van der Waals surface area contributed by atoms with E-state index in [9.17, 15) is 4.79 Å². The number of fused-ring (bicyclic) bond motifs is 1. The summed E-state index contributed by atoms with van der Waals surface area (Å²) >= 11 is 0. The number of carbonyl (C=O) groups is 1. The first-order valence-electron chi connectivity index (χ1n) is 6.93.